The number of methoxy groups -OCH3 is 1. The summed E-state index contributed by atoms with van der Waals surface area (Å²) in [5.74, 6) is -0.669. The summed E-state index contributed by atoms with van der Waals surface area (Å²) in [6, 6.07) is 4.33. The van der Waals surface area contributed by atoms with Gasteiger partial charge in [0.25, 0.3) is 0 Å². The number of aryl methyl sites for hydroxylation is 1. The van der Waals surface area contributed by atoms with Crippen molar-refractivity contribution < 1.29 is 14.3 Å². The van der Waals surface area contributed by atoms with Gasteiger partial charge in [0.15, 0.2) is 0 Å². The Morgan fingerprint density at radius 3 is 2.53 bits per heavy atom. The number of anilines is 1. The van der Waals surface area contributed by atoms with Gasteiger partial charge in [-0.25, -0.2) is 4.79 Å². The molecule has 1 amide bonds. The van der Waals surface area contributed by atoms with Gasteiger partial charge in [-0.2, -0.15) is 0 Å². The number of esters is 1. The Balaban J connectivity index is 2.90. The molecule has 1 aromatic rings. The first-order valence-corrected chi connectivity index (χ1v) is 5.21. The Kier molecular flexibility index (Phi) is 4.23. The summed E-state index contributed by atoms with van der Waals surface area (Å²) in [4.78, 5) is 22.7. The van der Waals surface area contributed by atoms with Gasteiger partial charge in [-0.05, 0) is 37.6 Å². The van der Waals surface area contributed by atoms with Crippen molar-refractivity contribution in [2.75, 3.05) is 12.4 Å². The van der Waals surface area contributed by atoms with Crippen LogP contribution < -0.4 is 11.1 Å². The Bertz CT molecular complexity index is 441. The maximum atomic E-state index is 11.4. The molecule has 5 nitrogen and oxygen atoms in total. The molecule has 1 atom stereocenters. The lowest BCUT2D eigenvalue weighted by molar-refractivity contribution is -0.117. The summed E-state index contributed by atoms with van der Waals surface area (Å²) < 4.78 is 4.60. The van der Waals surface area contributed by atoms with Gasteiger partial charge in [0, 0.05) is 5.69 Å². The summed E-state index contributed by atoms with van der Waals surface area (Å²) in [5.41, 5.74) is 7.31. The number of rotatable bonds is 3. The number of hydrogen-bond donors (Lipinski definition) is 2. The standard InChI is InChI=1S/C12H16N2O3/c1-7-6-9(12(16)17-3)4-5-10(7)14-11(15)8(2)13/h4-6,8H,13H2,1-3H3,(H,14,15). The minimum atomic E-state index is -0.574. The van der Waals surface area contributed by atoms with Crippen molar-refractivity contribution in [1.29, 1.82) is 0 Å². The van der Waals surface area contributed by atoms with Crippen molar-refractivity contribution in [3.8, 4) is 0 Å². The van der Waals surface area contributed by atoms with Crippen LogP contribution in [0.5, 0.6) is 0 Å². The van der Waals surface area contributed by atoms with Gasteiger partial charge >= 0.3 is 5.97 Å². The van der Waals surface area contributed by atoms with Gasteiger partial charge in [-0.1, -0.05) is 0 Å². The molecule has 92 valence electrons. The predicted octanol–water partition coefficient (Wildman–Crippen LogP) is 1.07. The monoisotopic (exact) mass is 236 g/mol. The Morgan fingerprint density at radius 2 is 2.06 bits per heavy atom. The second-order valence-corrected chi connectivity index (χ2v) is 3.80. The van der Waals surface area contributed by atoms with Crippen molar-refractivity contribution >= 4 is 17.6 Å². The largest absolute Gasteiger partial charge is 0.465 e. The van der Waals surface area contributed by atoms with E-state index in [-0.39, 0.29) is 5.91 Å². The molecular weight excluding hydrogens is 220 g/mol. The summed E-state index contributed by atoms with van der Waals surface area (Å²) >= 11 is 0. The quantitative estimate of drug-likeness (QED) is 0.769. The van der Waals surface area contributed by atoms with Gasteiger partial charge in [0.05, 0.1) is 18.7 Å². The highest BCUT2D eigenvalue weighted by Gasteiger charge is 2.11. The molecule has 0 aliphatic rings. The van der Waals surface area contributed by atoms with Crippen LogP contribution in [-0.4, -0.2) is 25.0 Å². The lowest BCUT2D eigenvalue weighted by Crippen LogP contribution is -2.32. The second-order valence-electron chi connectivity index (χ2n) is 3.80. The SMILES string of the molecule is COC(=O)c1ccc(NC(=O)C(C)N)c(C)c1. The number of amides is 1. The molecule has 1 rings (SSSR count). The van der Waals surface area contributed by atoms with E-state index in [0.29, 0.717) is 11.3 Å². The maximum absolute atomic E-state index is 11.4. The molecule has 0 saturated carbocycles. The van der Waals surface area contributed by atoms with E-state index in [1.54, 1.807) is 32.0 Å². The van der Waals surface area contributed by atoms with Crippen LogP contribution in [-0.2, 0) is 9.53 Å². The molecule has 0 aromatic heterocycles. The van der Waals surface area contributed by atoms with E-state index < -0.39 is 12.0 Å². The predicted molar refractivity (Wildman–Crippen MR) is 64.8 cm³/mol. The topological polar surface area (TPSA) is 81.4 Å². The lowest BCUT2D eigenvalue weighted by Gasteiger charge is -2.11. The average Bonchev–Trinajstić information content (AvgIpc) is 2.30. The Hall–Kier alpha value is -1.88. The first-order chi connectivity index (χ1) is 7.95. The number of benzene rings is 1. The molecule has 5 heteroatoms. The van der Waals surface area contributed by atoms with Crippen LogP contribution in [0.25, 0.3) is 0 Å². The molecular formula is C12H16N2O3. The molecule has 0 bridgehead atoms. The van der Waals surface area contributed by atoms with Gasteiger partial charge in [-0.15, -0.1) is 0 Å². The number of carbonyl (C=O) groups excluding carboxylic acids is 2. The Labute approximate surface area is 99.9 Å². The summed E-state index contributed by atoms with van der Waals surface area (Å²) in [6.45, 7) is 3.40. The number of nitrogens with two attached hydrogens (primary N) is 1. The fraction of sp³-hybridized carbons (Fsp3) is 0.333. The first kappa shape index (κ1) is 13.2. The van der Waals surface area contributed by atoms with Crippen LogP contribution >= 0.6 is 0 Å². The number of carbonyl (C=O) groups is 2. The molecule has 0 radical (unpaired) electrons. The minimum absolute atomic E-state index is 0.265. The fourth-order valence-electron chi connectivity index (χ4n) is 1.30. The van der Waals surface area contributed by atoms with Gasteiger partial charge in [0.1, 0.15) is 0 Å². The van der Waals surface area contributed by atoms with Crippen molar-refractivity contribution in [3.63, 3.8) is 0 Å². The average molecular weight is 236 g/mol. The molecule has 0 saturated heterocycles. The third-order valence-corrected chi connectivity index (χ3v) is 2.32. The zero-order valence-corrected chi connectivity index (χ0v) is 10.1. The fourth-order valence-corrected chi connectivity index (χ4v) is 1.30. The highest BCUT2D eigenvalue weighted by Crippen LogP contribution is 2.17. The zero-order valence-electron chi connectivity index (χ0n) is 10.1. The van der Waals surface area contributed by atoms with Gasteiger partial charge in [0.2, 0.25) is 5.91 Å². The van der Waals surface area contributed by atoms with Crippen LogP contribution in [0.1, 0.15) is 22.8 Å². The Morgan fingerprint density at radius 1 is 1.41 bits per heavy atom. The molecule has 0 spiro atoms. The molecule has 0 aliphatic heterocycles. The molecule has 3 N–H and O–H groups in total. The van der Waals surface area contributed by atoms with E-state index in [9.17, 15) is 9.59 Å². The normalized spacial score (nSPS) is 11.8. The summed E-state index contributed by atoms with van der Waals surface area (Å²) in [6.07, 6.45) is 0. The van der Waals surface area contributed by atoms with Crippen molar-refractivity contribution in [1.82, 2.24) is 0 Å². The van der Waals surface area contributed by atoms with E-state index in [2.05, 4.69) is 10.1 Å². The molecule has 1 unspecified atom stereocenters. The third-order valence-electron chi connectivity index (χ3n) is 2.32. The second kappa shape index (κ2) is 5.45. The minimum Gasteiger partial charge on any atom is -0.465 e. The molecule has 0 aliphatic carbocycles. The van der Waals surface area contributed by atoms with E-state index >= 15 is 0 Å². The van der Waals surface area contributed by atoms with E-state index in [1.165, 1.54) is 7.11 Å². The van der Waals surface area contributed by atoms with E-state index in [4.69, 9.17) is 5.73 Å². The van der Waals surface area contributed by atoms with Crippen LogP contribution in [0, 0.1) is 6.92 Å². The maximum Gasteiger partial charge on any atom is 0.337 e. The van der Waals surface area contributed by atoms with Crippen molar-refractivity contribution in [3.05, 3.63) is 29.3 Å². The third kappa shape index (κ3) is 3.29. The number of nitrogens with one attached hydrogen (secondary N) is 1. The van der Waals surface area contributed by atoms with Crippen LogP contribution in [0.15, 0.2) is 18.2 Å². The lowest BCUT2D eigenvalue weighted by atomic mass is 10.1. The number of hydrogen-bond acceptors (Lipinski definition) is 4. The molecule has 1 aromatic carbocycles. The van der Waals surface area contributed by atoms with Crippen molar-refractivity contribution in [2.45, 2.75) is 19.9 Å². The number of ether oxygens (including phenoxy) is 1. The molecule has 17 heavy (non-hydrogen) atoms. The smallest absolute Gasteiger partial charge is 0.337 e. The van der Waals surface area contributed by atoms with E-state index in [1.807, 2.05) is 0 Å². The van der Waals surface area contributed by atoms with Gasteiger partial charge < -0.3 is 15.8 Å². The highest BCUT2D eigenvalue weighted by molar-refractivity contribution is 5.96. The van der Waals surface area contributed by atoms with Gasteiger partial charge in [-0.3, -0.25) is 4.79 Å². The zero-order chi connectivity index (χ0) is 13.0. The first-order valence-electron chi connectivity index (χ1n) is 5.21. The van der Waals surface area contributed by atoms with Crippen molar-refractivity contribution in [2.24, 2.45) is 5.73 Å². The molecule has 0 heterocycles. The molecule has 0 fully saturated rings. The summed E-state index contributed by atoms with van der Waals surface area (Å²) in [5, 5.41) is 2.68. The van der Waals surface area contributed by atoms with Crippen LogP contribution in [0.2, 0.25) is 0 Å². The van der Waals surface area contributed by atoms with Crippen LogP contribution in [0.3, 0.4) is 0 Å². The van der Waals surface area contributed by atoms with Crippen LogP contribution in [0.4, 0.5) is 5.69 Å². The summed E-state index contributed by atoms with van der Waals surface area (Å²) in [7, 11) is 1.32. The highest BCUT2D eigenvalue weighted by atomic mass is 16.5. The van der Waals surface area contributed by atoms with E-state index in [0.717, 1.165) is 5.56 Å².